The van der Waals surface area contributed by atoms with Crippen molar-refractivity contribution in [2.24, 2.45) is 11.8 Å². The highest BCUT2D eigenvalue weighted by molar-refractivity contribution is 7.91. The highest BCUT2D eigenvalue weighted by Crippen LogP contribution is 2.40. The van der Waals surface area contributed by atoms with Gasteiger partial charge in [0.05, 0.1) is 11.5 Å². The number of sulfone groups is 1. The number of nitrogens with one attached hydrogen (secondary N) is 1. The first-order chi connectivity index (χ1) is 8.05. The normalized spacial score (nSPS) is 49.1. The molecule has 3 nitrogen and oxygen atoms in total. The van der Waals surface area contributed by atoms with Crippen LogP contribution >= 0.6 is 0 Å². The Labute approximate surface area is 102 Å². The van der Waals surface area contributed by atoms with E-state index in [0.717, 1.165) is 19.3 Å². The molecule has 5 heteroatoms. The third kappa shape index (κ3) is 2.24. The van der Waals surface area contributed by atoms with Gasteiger partial charge in [0.2, 0.25) is 0 Å². The second-order valence-corrected chi connectivity index (χ2v) is 8.12. The average molecular weight is 261 g/mol. The quantitative estimate of drug-likeness (QED) is 0.773. The van der Waals surface area contributed by atoms with Gasteiger partial charge in [0.25, 0.3) is 0 Å². The van der Waals surface area contributed by atoms with Crippen molar-refractivity contribution in [1.82, 2.24) is 5.32 Å². The van der Waals surface area contributed by atoms with Crippen molar-refractivity contribution in [2.75, 3.05) is 11.5 Å². The van der Waals surface area contributed by atoms with Gasteiger partial charge >= 0.3 is 0 Å². The molecule has 5 unspecified atom stereocenters. The molecule has 2 bridgehead atoms. The fourth-order valence-corrected chi connectivity index (χ4v) is 5.82. The number of halogens is 1. The van der Waals surface area contributed by atoms with Crippen LogP contribution in [0.3, 0.4) is 0 Å². The van der Waals surface area contributed by atoms with Crippen LogP contribution in [-0.2, 0) is 9.84 Å². The fraction of sp³-hybridized carbons (Fsp3) is 1.00. The molecule has 0 aliphatic carbocycles. The molecule has 3 aliphatic heterocycles. The van der Waals surface area contributed by atoms with Crippen LogP contribution in [0.1, 0.15) is 32.1 Å². The summed E-state index contributed by atoms with van der Waals surface area (Å²) in [5.74, 6) is 0.485. The zero-order valence-electron chi connectivity index (χ0n) is 9.94. The van der Waals surface area contributed by atoms with E-state index < -0.39 is 16.0 Å². The fourth-order valence-electron chi connectivity index (χ4n) is 4.01. The zero-order chi connectivity index (χ0) is 12.0. The summed E-state index contributed by atoms with van der Waals surface area (Å²) in [5, 5.41) is 3.46. The summed E-state index contributed by atoms with van der Waals surface area (Å²) in [4.78, 5) is 0. The van der Waals surface area contributed by atoms with E-state index in [1.165, 1.54) is 0 Å². The molecule has 0 aromatic rings. The molecule has 0 amide bonds. The maximum Gasteiger partial charge on any atom is 0.150 e. The Balaban J connectivity index is 1.78. The van der Waals surface area contributed by atoms with E-state index in [2.05, 4.69) is 5.32 Å². The Morgan fingerprint density at radius 1 is 1.18 bits per heavy atom. The van der Waals surface area contributed by atoms with Gasteiger partial charge < -0.3 is 5.32 Å². The van der Waals surface area contributed by atoms with Crippen LogP contribution in [0.4, 0.5) is 4.39 Å². The summed E-state index contributed by atoms with van der Waals surface area (Å²) < 4.78 is 37.5. The van der Waals surface area contributed by atoms with E-state index in [0.29, 0.717) is 24.6 Å². The van der Waals surface area contributed by atoms with Gasteiger partial charge in [-0.1, -0.05) is 0 Å². The summed E-state index contributed by atoms with van der Waals surface area (Å²) in [5.41, 5.74) is 0. The highest BCUT2D eigenvalue weighted by atomic mass is 32.2. The van der Waals surface area contributed by atoms with Crippen LogP contribution in [-0.4, -0.2) is 38.2 Å². The molecule has 0 aromatic heterocycles. The van der Waals surface area contributed by atoms with Crippen molar-refractivity contribution in [3.8, 4) is 0 Å². The van der Waals surface area contributed by atoms with Crippen molar-refractivity contribution < 1.29 is 12.8 Å². The molecular weight excluding hydrogens is 241 g/mol. The first kappa shape index (κ1) is 11.9. The molecule has 3 saturated heterocycles. The molecule has 1 N–H and O–H groups in total. The number of hydrogen-bond donors (Lipinski definition) is 1. The van der Waals surface area contributed by atoms with Gasteiger partial charge in [-0.15, -0.1) is 0 Å². The third-order valence-corrected chi connectivity index (χ3v) is 6.56. The Morgan fingerprint density at radius 2 is 2.00 bits per heavy atom. The lowest BCUT2D eigenvalue weighted by molar-refractivity contribution is 0.0898. The standard InChI is InChI=1S/C12H20FNO2S/c13-10-6-9-3-4-11(14-9)12(10)8-2-1-5-17(15,16)7-8/h8-12,14H,1-7H2. The monoisotopic (exact) mass is 261 g/mol. The number of hydrogen-bond acceptors (Lipinski definition) is 3. The predicted octanol–water partition coefficient (Wildman–Crippen LogP) is 1.29. The summed E-state index contributed by atoms with van der Waals surface area (Å²) in [6, 6.07) is 0.563. The van der Waals surface area contributed by atoms with Crippen LogP contribution in [0.2, 0.25) is 0 Å². The Bertz CT molecular complexity index is 397. The maximum absolute atomic E-state index is 14.2. The van der Waals surface area contributed by atoms with Gasteiger partial charge in [0.1, 0.15) is 6.17 Å². The third-order valence-electron chi connectivity index (χ3n) is 4.71. The topological polar surface area (TPSA) is 46.2 Å². The van der Waals surface area contributed by atoms with Crippen molar-refractivity contribution >= 4 is 9.84 Å². The molecule has 0 spiro atoms. The maximum atomic E-state index is 14.2. The second-order valence-electron chi connectivity index (χ2n) is 5.89. The summed E-state index contributed by atoms with van der Waals surface area (Å²) >= 11 is 0. The van der Waals surface area contributed by atoms with Crippen molar-refractivity contribution in [3.05, 3.63) is 0 Å². The molecule has 98 valence electrons. The Kier molecular flexibility index (Phi) is 2.94. The number of fused-ring (bicyclic) bond motifs is 2. The van der Waals surface area contributed by atoms with E-state index in [9.17, 15) is 12.8 Å². The first-order valence-corrected chi connectivity index (χ1v) is 8.48. The van der Waals surface area contributed by atoms with E-state index in [1.807, 2.05) is 0 Å². The van der Waals surface area contributed by atoms with Crippen molar-refractivity contribution in [1.29, 1.82) is 0 Å². The van der Waals surface area contributed by atoms with Crippen LogP contribution in [0, 0.1) is 11.8 Å². The number of alkyl halides is 1. The number of rotatable bonds is 1. The summed E-state index contributed by atoms with van der Waals surface area (Å²) in [6.45, 7) is 0. The molecule has 17 heavy (non-hydrogen) atoms. The first-order valence-electron chi connectivity index (χ1n) is 6.66. The highest BCUT2D eigenvalue weighted by Gasteiger charge is 2.46. The zero-order valence-corrected chi connectivity index (χ0v) is 10.8. The minimum absolute atomic E-state index is 0.0419. The van der Waals surface area contributed by atoms with Gasteiger partial charge in [-0.25, -0.2) is 12.8 Å². The molecule has 3 fully saturated rings. The minimum Gasteiger partial charge on any atom is -0.311 e. The predicted molar refractivity (Wildman–Crippen MR) is 64.3 cm³/mol. The lowest BCUT2D eigenvalue weighted by Gasteiger charge is -2.39. The van der Waals surface area contributed by atoms with Gasteiger partial charge in [-0.05, 0) is 38.0 Å². The molecule has 3 aliphatic rings. The van der Waals surface area contributed by atoms with Crippen LogP contribution in [0.25, 0.3) is 0 Å². The lowest BCUT2D eigenvalue weighted by Crippen LogP contribution is -2.51. The lowest BCUT2D eigenvalue weighted by atomic mass is 9.78. The largest absolute Gasteiger partial charge is 0.311 e. The molecule has 0 saturated carbocycles. The minimum atomic E-state index is -2.92. The summed E-state index contributed by atoms with van der Waals surface area (Å²) in [7, 11) is -2.92. The van der Waals surface area contributed by atoms with Gasteiger partial charge in [0, 0.05) is 18.0 Å². The Hall–Kier alpha value is -0.160. The molecule has 5 atom stereocenters. The Morgan fingerprint density at radius 3 is 2.76 bits per heavy atom. The van der Waals surface area contributed by atoms with Crippen molar-refractivity contribution in [3.63, 3.8) is 0 Å². The number of piperidine rings is 1. The van der Waals surface area contributed by atoms with Gasteiger partial charge in [-0.3, -0.25) is 0 Å². The SMILES string of the molecule is O=S1(=O)CCCC(C2C(F)CC3CCC2N3)C1. The van der Waals surface area contributed by atoms with E-state index >= 15 is 0 Å². The summed E-state index contributed by atoms with van der Waals surface area (Å²) in [6.07, 6.45) is 3.46. The molecule has 3 rings (SSSR count). The molecule has 0 radical (unpaired) electrons. The molecule has 0 aromatic carbocycles. The van der Waals surface area contributed by atoms with Crippen LogP contribution in [0.15, 0.2) is 0 Å². The van der Waals surface area contributed by atoms with Crippen LogP contribution < -0.4 is 5.32 Å². The average Bonchev–Trinajstić information content (AvgIpc) is 2.59. The molecule has 3 heterocycles. The van der Waals surface area contributed by atoms with E-state index in [1.54, 1.807) is 0 Å². The smallest absolute Gasteiger partial charge is 0.150 e. The van der Waals surface area contributed by atoms with Crippen molar-refractivity contribution in [2.45, 2.75) is 50.4 Å². The van der Waals surface area contributed by atoms with E-state index in [-0.39, 0.29) is 23.6 Å². The molecular formula is C12H20FNO2S. The van der Waals surface area contributed by atoms with Gasteiger partial charge in [0.15, 0.2) is 9.84 Å². The van der Waals surface area contributed by atoms with Gasteiger partial charge in [-0.2, -0.15) is 0 Å². The van der Waals surface area contributed by atoms with E-state index in [4.69, 9.17) is 0 Å². The second kappa shape index (κ2) is 4.19. The van der Waals surface area contributed by atoms with Crippen LogP contribution in [0.5, 0.6) is 0 Å².